The number of hydrogen-bond donors (Lipinski definition) is 2. The molecule has 5 heteroatoms. The number of hydrogen-bond acceptors (Lipinski definition) is 3. The first-order chi connectivity index (χ1) is 11.6. The molecule has 120 valence electrons. The number of anilines is 3. The molecule has 3 aromatic rings. The summed E-state index contributed by atoms with van der Waals surface area (Å²) in [5.41, 5.74) is 3.26. The van der Waals surface area contributed by atoms with Gasteiger partial charge >= 0.3 is 0 Å². The van der Waals surface area contributed by atoms with Gasteiger partial charge in [-0.2, -0.15) is 0 Å². The van der Waals surface area contributed by atoms with Crippen LogP contribution >= 0.6 is 15.9 Å². The molecule has 0 aliphatic carbocycles. The van der Waals surface area contributed by atoms with E-state index >= 15 is 0 Å². The molecule has 4 nitrogen and oxygen atoms in total. The minimum absolute atomic E-state index is 0.175. The van der Waals surface area contributed by atoms with Gasteiger partial charge in [0.05, 0.1) is 5.56 Å². The molecule has 0 aliphatic rings. The van der Waals surface area contributed by atoms with Gasteiger partial charge in [-0.1, -0.05) is 40.2 Å². The number of benzene rings is 2. The summed E-state index contributed by atoms with van der Waals surface area (Å²) in [6, 6.07) is 19.0. The van der Waals surface area contributed by atoms with Crippen LogP contribution in [0.4, 0.5) is 17.2 Å². The van der Waals surface area contributed by atoms with Gasteiger partial charge in [-0.15, -0.1) is 0 Å². The topological polar surface area (TPSA) is 54.0 Å². The predicted octanol–water partition coefficient (Wildman–Crippen LogP) is 5.15. The van der Waals surface area contributed by atoms with Crippen molar-refractivity contribution >= 4 is 39.0 Å². The lowest BCUT2D eigenvalue weighted by Gasteiger charge is -2.09. The first kappa shape index (κ1) is 16.2. The zero-order valence-electron chi connectivity index (χ0n) is 13.1. The number of aryl methyl sites for hydroxylation is 1. The normalized spacial score (nSPS) is 10.2. The highest BCUT2D eigenvalue weighted by atomic mass is 79.9. The van der Waals surface area contributed by atoms with E-state index in [9.17, 15) is 4.79 Å². The van der Waals surface area contributed by atoms with Gasteiger partial charge in [-0.05, 0) is 48.9 Å². The Hall–Kier alpha value is -2.66. The molecule has 0 radical (unpaired) electrons. The average molecular weight is 382 g/mol. The van der Waals surface area contributed by atoms with Crippen LogP contribution in [-0.4, -0.2) is 10.9 Å². The van der Waals surface area contributed by atoms with Gasteiger partial charge < -0.3 is 10.6 Å². The summed E-state index contributed by atoms with van der Waals surface area (Å²) in [6.45, 7) is 1.96. The second-order valence-electron chi connectivity index (χ2n) is 5.34. The molecule has 0 saturated heterocycles. The molecule has 0 saturated carbocycles. The zero-order chi connectivity index (χ0) is 16.9. The van der Waals surface area contributed by atoms with Crippen LogP contribution in [0, 0.1) is 6.92 Å². The molecular weight excluding hydrogens is 366 g/mol. The molecule has 0 fully saturated rings. The Kier molecular flexibility index (Phi) is 4.91. The number of amides is 1. The first-order valence-corrected chi connectivity index (χ1v) is 8.27. The van der Waals surface area contributed by atoms with E-state index in [2.05, 4.69) is 31.5 Å². The van der Waals surface area contributed by atoms with E-state index < -0.39 is 0 Å². The lowest BCUT2D eigenvalue weighted by Crippen LogP contribution is -2.13. The maximum Gasteiger partial charge on any atom is 0.257 e. The summed E-state index contributed by atoms with van der Waals surface area (Å²) >= 11 is 3.43. The van der Waals surface area contributed by atoms with E-state index in [0.29, 0.717) is 11.4 Å². The summed E-state index contributed by atoms with van der Waals surface area (Å²) in [4.78, 5) is 16.6. The van der Waals surface area contributed by atoms with Crippen molar-refractivity contribution in [2.24, 2.45) is 0 Å². The van der Waals surface area contributed by atoms with Crippen molar-refractivity contribution in [3.63, 3.8) is 0 Å². The van der Waals surface area contributed by atoms with E-state index in [0.717, 1.165) is 21.4 Å². The summed E-state index contributed by atoms with van der Waals surface area (Å²) < 4.78 is 0.988. The molecule has 1 aromatic heterocycles. The molecule has 0 unspecified atom stereocenters. The summed E-state index contributed by atoms with van der Waals surface area (Å²) in [5.74, 6) is 0.506. The Morgan fingerprint density at radius 1 is 1.04 bits per heavy atom. The predicted molar refractivity (Wildman–Crippen MR) is 101 cm³/mol. The van der Waals surface area contributed by atoms with Crippen molar-refractivity contribution in [3.8, 4) is 0 Å². The number of rotatable bonds is 4. The van der Waals surface area contributed by atoms with Crippen molar-refractivity contribution in [2.75, 3.05) is 10.6 Å². The van der Waals surface area contributed by atoms with Crippen molar-refractivity contribution in [1.82, 2.24) is 4.98 Å². The van der Waals surface area contributed by atoms with Gasteiger partial charge in [0.15, 0.2) is 0 Å². The van der Waals surface area contributed by atoms with Crippen LogP contribution in [0.3, 0.4) is 0 Å². The molecule has 24 heavy (non-hydrogen) atoms. The summed E-state index contributed by atoms with van der Waals surface area (Å²) in [5, 5.41) is 6.09. The van der Waals surface area contributed by atoms with Crippen LogP contribution in [0.2, 0.25) is 0 Å². The fourth-order valence-electron chi connectivity index (χ4n) is 2.22. The molecule has 3 rings (SSSR count). The van der Waals surface area contributed by atoms with Crippen molar-refractivity contribution in [2.45, 2.75) is 6.92 Å². The van der Waals surface area contributed by atoms with Crippen LogP contribution in [-0.2, 0) is 0 Å². The summed E-state index contributed by atoms with van der Waals surface area (Å²) in [6.07, 6.45) is 1.56. The van der Waals surface area contributed by atoms with Gasteiger partial charge in [-0.25, -0.2) is 4.98 Å². The Morgan fingerprint density at radius 3 is 2.58 bits per heavy atom. The smallest absolute Gasteiger partial charge is 0.257 e. The highest BCUT2D eigenvalue weighted by Crippen LogP contribution is 2.20. The number of nitrogens with one attached hydrogen (secondary N) is 2. The Bertz CT molecular complexity index is 862. The molecule has 0 atom stereocenters. The molecule has 0 bridgehead atoms. The largest absolute Gasteiger partial charge is 0.340 e. The molecule has 1 amide bonds. The molecule has 0 spiro atoms. The number of halogens is 1. The van der Waals surface area contributed by atoms with Crippen LogP contribution < -0.4 is 10.6 Å². The van der Waals surface area contributed by atoms with Gasteiger partial charge in [0.1, 0.15) is 5.82 Å². The average Bonchev–Trinajstić information content (AvgIpc) is 2.57. The molecule has 0 aliphatic heterocycles. The fourth-order valence-corrected chi connectivity index (χ4v) is 2.62. The van der Waals surface area contributed by atoms with Gasteiger partial charge in [0.25, 0.3) is 5.91 Å². The minimum atomic E-state index is -0.175. The third kappa shape index (κ3) is 4.00. The molecule has 1 heterocycles. The third-order valence-electron chi connectivity index (χ3n) is 3.52. The van der Waals surface area contributed by atoms with Crippen LogP contribution in [0.25, 0.3) is 0 Å². The second kappa shape index (κ2) is 7.27. The lowest BCUT2D eigenvalue weighted by atomic mass is 10.2. The van der Waals surface area contributed by atoms with E-state index in [1.807, 2.05) is 55.5 Å². The van der Waals surface area contributed by atoms with Crippen LogP contribution in [0.5, 0.6) is 0 Å². The van der Waals surface area contributed by atoms with Crippen molar-refractivity contribution < 1.29 is 4.79 Å². The van der Waals surface area contributed by atoms with E-state index in [-0.39, 0.29) is 5.91 Å². The number of aromatic nitrogens is 1. The number of carbonyl (C=O) groups excluding carboxylic acids is 1. The number of carbonyl (C=O) groups is 1. The van der Waals surface area contributed by atoms with Crippen molar-refractivity contribution in [1.29, 1.82) is 0 Å². The molecule has 2 N–H and O–H groups in total. The zero-order valence-corrected chi connectivity index (χ0v) is 14.7. The Morgan fingerprint density at radius 2 is 1.88 bits per heavy atom. The second-order valence-corrected chi connectivity index (χ2v) is 6.25. The van der Waals surface area contributed by atoms with E-state index in [1.165, 1.54) is 0 Å². The first-order valence-electron chi connectivity index (χ1n) is 7.47. The van der Waals surface area contributed by atoms with Crippen molar-refractivity contribution in [3.05, 3.63) is 82.5 Å². The standard InChI is InChI=1S/C19H16BrN3O/c1-13-5-2-3-8-17(13)23-19(24)14-9-10-18(21-12-14)22-16-7-4-6-15(20)11-16/h2-12H,1H3,(H,21,22)(H,23,24). The van der Waals surface area contributed by atoms with Crippen LogP contribution in [0.15, 0.2) is 71.3 Å². The van der Waals surface area contributed by atoms with E-state index in [4.69, 9.17) is 0 Å². The monoisotopic (exact) mass is 381 g/mol. The highest BCUT2D eigenvalue weighted by molar-refractivity contribution is 9.10. The Labute approximate surface area is 149 Å². The Balaban J connectivity index is 1.70. The quantitative estimate of drug-likeness (QED) is 0.656. The van der Waals surface area contributed by atoms with Crippen LogP contribution in [0.1, 0.15) is 15.9 Å². The van der Waals surface area contributed by atoms with E-state index in [1.54, 1.807) is 18.3 Å². The van der Waals surface area contributed by atoms with Gasteiger partial charge in [0.2, 0.25) is 0 Å². The number of nitrogens with zero attached hydrogens (tertiary/aromatic N) is 1. The minimum Gasteiger partial charge on any atom is -0.340 e. The maximum atomic E-state index is 12.3. The van der Waals surface area contributed by atoms with Gasteiger partial charge in [0, 0.05) is 22.0 Å². The number of para-hydroxylation sites is 1. The molecular formula is C19H16BrN3O. The SMILES string of the molecule is Cc1ccccc1NC(=O)c1ccc(Nc2cccc(Br)c2)nc1. The lowest BCUT2D eigenvalue weighted by molar-refractivity contribution is 0.102. The maximum absolute atomic E-state index is 12.3. The van der Waals surface area contributed by atoms with Gasteiger partial charge in [-0.3, -0.25) is 4.79 Å². The molecule has 2 aromatic carbocycles. The third-order valence-corrected chi connectivity index (χ3v) is 4.01. The fraction of sp³-hybridized carbons (Fsp3) is 0.0526. The summed E-state index contributed by atoms with van der Waals surface area (Å²) in [7, 11) is 0. The highest BCUT2D eigenvalue weighted by Gasteiger charge is 2.08. The number of pyridine rings is 1.